The minimum Gasteiger partial charge on any atom is -0.339 e. The SMILES string of the molecule is Cc1ccc(S(=O)(=O)N2CCC(C(=O)N3CCCC4CCCCC43)CC2)c(C)c1. The standard InChI is InChI=1S/C23H34N2O3S/c1-17-9-10-22(18(2)16-17)29(27,28)24-14-11-20(12-15-24)23(26)25-13-5-7-19-6-3-4-8-21(19)25/h9-10,16,19-21H,3-8,11-15H2,1-2H3. The number of likely N-dealkylation sites (tertiary alicyclic amines) is 1. The zero-order valence-corrected chi connectivity index (χ0v) is 18.6. The Hall–Kier alpha value is -1.40. The molecule has 3 fully saturated rings. The summed E-state index contributed by atoms with van der Waals surface area (Å²) in [6, 6.07) is 5.92. The number of aryl methyl sites for hydroxylation is 2. The number of amides is 1. The maximum Gasteiger partial charge on any atom is 0.243 e. The van der Waals surface area contributed by atoms with Crippen LogP contribution < -0.4 is 0 Å². The number of piperidine rings is 2. The van der Waals surface area contributed by atoms with Crippen LogP contribution in [0.2, 0.25) is 0 Å². The van der Waals surface area contributed by atoms with E-state index in [1.807, 2.05) is 26.0 Å². The van der Waals surface area contributed by atoms with E-state index in [0.717, 1.165) is 30.5 Å². The summed E-state index contributed by atoms with van der Waals surface area (Å²) in [6.45, 7) is 5.59. The highest BCUT2D eigenvalue weighted by molar-refractivity contribution is 7.89. The fourth-order valence-electron chi connectivity index (χ4n) is 5.70. The molecular weight excluding hydrogens is 384 g/mol. The molecule has 1 amide bonds. The van der Waals surface area contributed by atoms with E-state index in [1.54, 1.807) is 10.4 Å². The number of carbonyl (C=O) groups excluding carboxylic acids is 1. The Balaban J connectivity index is 1.41. The van der Waals surface area contributed by atoms with Crippen LogP contribution in [-0.2, 0) is 14.8 Å². The number of fused-ring (bicyclic) bond motifs is 1. The van der Waals surface area contributed by atoms with Gasteiger partial charge >= 0.3 is 0 Å². The Morgan fingerprint density at radius 3 is 2.34 bits per heavy atom. The molecule has 4 rings (SSSR count). The first-order valence-electron chi connectivity index (χ1n) is 11.3. The Bertz CT molecular complexity index is 857. The van der Waals surface area contributed by atoms with Crippen LogP contribution in [0.1, 0.15) is 62.5 Å². The third-order valence-electron chi connectivity index (χ3n) is 7.28. The van der Waals surface area contributed by atoms with Crippen molar-refractivity contribution in [1.82, 2.24) is 9.21 Å². The third-order valence-corrected chi connectivity index (χ3v) is 9.34. The lowest BCUT2D eigenvalue weighted by Gasteiger charge is -2.46. The molecule has 0 radical (unpaired) electrons. The predicted molar refractivity (Wildman–Crippen MR) is 114 cm³/mol. The van der Waals surface area contributed by atoms with E-state index in [-0.39, 0.29) is 11.8 Å². The van der Waals surface area contributed by atoms with Crippen LogP contribution in [0.3, 0.4) is 0 Å². The van der Waals surface area contributed by atoms with Gasteiger partial charge in [-0.15, -0.1) is 0 Å². The lowest BCUT2D eigenvalue weighted by molar-refractivity contribution is -0.143. The number of nitrogens with zero attached hydrogens (tertiary/aromatic N) is 2. The number of hydrogen-bond acceptors (Lipinski definition) is 3. The van der Waals surface area contributed by atoms with E-state index in [4.69, 9.17) is 0 Å². The van der Waals surface area contributed by atoms with Crippen molar-refractivity contribution in [3.63, 3.8) is 0 Å². The van der Waals surface area contributed by atoms with Gasteiger partial charge in [0.25, 0.3) is 0 Å². The quantitative estimate of drug-likeness (QED) is 0.748. The summed E-state index contributed by atoms with van der Waals surface area (Å²) in [5.41, 5.74) is 1.85. The fourth-order valence-corrected chi connectivity index (χ4v) is 7.38. The first-order valence-corrected chi connectivity index (χ1v) is 12.7. The van der Waals surface area contributed by atoms with Crippen molar-refractivity contribution in [3.8, 4) is 0 Å². The first kappa shape index (κ1) is 20.9. The van der Waals surface area contributed by atoms with Gasteiger partial charge in [-0.05, 0) is 69.9 Å². The number of rotatable bonds is 3. The molecule has 6 heteroatoms. The van der Waals surface area contributed by atoms with Crippen LogP contribution in [0.25, 0.3) is 0 Å². The molecular formula is C23H34N2O3S. The average Bonchev–Trinajstić information content (AvgIpc) is 2.72. The van der Waals surface area contributed by atoms with Gasteiger partial charge in [-0.3, -0.25) is 4.79 Å². The zero-order valence-electron chi connectivity index (χ0n) is 17.8. The molecule has 0 N–H and O–H groups in total. The fraction of sp³-hybridized carbons (Fsp3) is 0.696. The Kier molecular flexibility index (Phi) is 6.03. The maximum atomic E-state index is 13.3. The summed E-state index contributed by atoms with van der Waals surface area (Å²) in [5, 5.41) is 0. The second-order valence-corrected chi connectivity index (χ2v) is 11.1. The average molecular weight is 419 g/mol. The molecule has 2 aliphatic heterocycles. The maximum absolute atomic E-state index is 13.3. The minimum atomic E-state index is -3.49. The molecule has 1 aliphatic carbocycles. The number of carbonyl (C=O) groups is 1. The minimum absolute atomic E-state index is 0.0266. The molecule has 0 bridgehead atoms. The molecule has 29 heavy (non-hydrogen) atoms. The topological polar surface area (TPSA) is 57.7 Å². The van der Waals surface area contributed by atoms with Gasteiger partial charge in [-0.1, -0.05) is 30.5 Å². The highest BCUT2D eigenvalue weighted by Crippen LogP contribution is 2.37. The summed E-state index contributed by atoms with van der Waals surface area (Å²) >= 11 is 0. The van der Waals surface area contributed by atoms with Crippen LogP contribution in [0.15, 0.2) is 23.1 Å². The molecule has 2 heterocycles. The molecule has 160 valence electrons. The van der Waals surface area contributed by atoms with E-state index in [1.165, 1.54) is 25.7 Å². The lowest BCUT2D eigenvalue weighted by Crippen LogP contribution is -2.53. The second-order valence-electron chi connectivity index (χ2n) is 9.23. The molecule has 1 aromatic rings. The highest BCUT2D eigenvalue weighted by atomic mass is 32.2. The van der Waals surface area contributed by atoms with E-state index in [9.17, 15) is 13.2 Å². The Morgan fingerprint density at radius 1 is 0.931 bits per heavy atom. The summed E-state index contributed by atoms with van der Waals surface area (Å²) in [7, 11) is -3.49. The Morgan fingerprint density at radius 2 is 1.62 bits per heavy atom. The molecule has 2 unspecified atom stereocenters. The normalized spacial score (nSPS) is 26.9. The second kappa shape index (κ2) is 8.38. The Labute approximate surface area is 175 Å². The van der Waals surface area contributed by atoms with Crippen LogP contribution in [0.4, 0.5) is 0 Å². The van der Waals surface area contributed by atoms with E-state index in [2.05, 4.69) is 4.90 Å². The van der Waals surface area contributed by atoms with Crippen LogP contribution in [-0.4, -0.2) is 49.2 Å². The van der Waals surface area contributed by atoms with Gasteiger partial charge in [0.1, 0.15) is 0 Å². The summed E-state index contributed by atoms with van der Waals surface area (Å²) in [4.78, 5) is 15.9. The monoisotopic (exact) mass is 418 g/mol. The van der Waals surface area contributed by atoms with E-state index in [0.29, 0.717) is 42.8 Å². The first-order chi connectivity index (χ1) is 13.9. The zero-order chi connectivity index (χ0) is 20.6. The molecule has 1 saturated carbocycles. The van der Waals surface area contributed by atoms with Gasteiger partial charge in [0.15, 0.2) is 0 Å². The summed E-state index contributed by atoms with van der Waals surface area (Å²) in [6.07, 6.45) is 8.61. The van der Waals surface area contributed by atoms with Crippen molar-refractivity contribution in [2.75, 3.05) is 19.6 Å². The van der Waals surface area contributed by atoms with Crippen molar-refractivity contribution in [2.45, 2.75) is 76.2 Å². The van der Waals surface area contributed by atoms with Crippen LogP contribution >= 0.6 is 0 Å². The van der Waals surface area contributed by atoms with Gasteiger partial charge in [-0.25, -0.2) is 8.42 Å². The van der Waals surface area contributed by atoms with Gasteiger partial charge in [0, 0.05) is 31.6 Å². The van der Waals surface area contributed by atoms with Crippen molar-refractivity contribution in [3.05, 3.63) is 29.3 Å². The van der Waals surface area contributed by atoms with E-state index >= 15 is 0 Å². The van der Waals surface area contributed by atoms with Gasteiger partial charge in [0.05, 0.1) is 4.90 Å². The molecule has 2 saturated heterocycles. The third kappa shape index (κ3) is 4.11. The molecule has 2 atom stereocenters. The van der Waals surface area contributed by atoms with E-state index < -0.39 is 10.0 Å². The van der Waals surface area contributed by atoms with Gasteiger partial charge in [-0.2, -0.15) is 4.31 Å². The van der Waals surface area contributed by atoms with Crippen LogP contribution in [0, 0.1) is 25.7 Å². The largest absolute Gasteiger partial charge is 0.339 e. The number of sulfonamides is 1. The smallest absolute Gasteiger partial charge is 0.243 e. The number of hydrogen-bond donors (Lipinski definition) is 0. The molecule has 1 aromatic carbocycles. The highest BCUT2D eigenvalue weighted by Gasteiger charge is 2.40. The van der Waals surface area contributed by atoms with Crippen molar-refractivity contribution in [1.29, 1.82) is 0 Å². The predicted octanol–water partition coefficient (Wildman–Crippen LogP) is 3.89. The number of benzene rings is 1. The molecule has 3 aliphatic rings. The molecule has 5 nitrogen and oxygen atoms in total. The molecule has 0 aromatic heterocycles. The van der Waals surface area contributed by atoms with Crippen molar-refractivity contribution in [2.24, 2.45) is 11.8 Å². The van der Waals surface area contributed by atoms with Crippen molar-refractivity contribution >= 4 is 15.9 Å². The van der Waals surface area contributed by atoms with Crippen molar-refractivity contribution < 1.29 is 13.2 Å². The lowest BCUT2D eigenvalue weighted by atomic mass is 9.77. The molecule has 0 spiro atoms. The van der Waals surface area contributed by atoms with Gasteiger partial charge < -0.3 is 4.90 Å². The van der Waals surface area contributed by atoms with Gasteiger partial charge in [0.2, 0.25) is 15.9 Å². The van der Waals surface area contributed by atoms with Crippen LogP contribution in [0.5, 0.6) is 0 Å². The summed E-state index contributed by atoms with van der Waals surface area (Å²) < 4.78 is 27.8. The summed E-state index contributed by atoms with van der Waals surface area (Å²) in [5.74, 6) is 0.942.